The molecule has 1 heterocycles. The summed E-state index contributed by atoms with van der Waals surface area (Å²) in [5.41, 5.74) is 0.106. The van der Waals surface area contributed by atoms with Crippen molar-refractivity contribution in [1.82, 2.24) is 9.78 Å². The summed E-state index contributed by atoms with van der Waals surface area (Å²) in [4.78, 5) is 21.8. The Hall–Kier alpha value is -2.12. The van der Waals surface area contributed by atoms with Gasteiger partial charge in [0.15, 0.2) is 0 Å². The number of aromatic nitrogens is 2. The summed E-state index contributed by atoms with van der Waals surface area (Å²) in [6.45, 7) is 7.54. The lowest BCUT2D eigenvalue weighted by Gasteiger charge is -2.17. The highest BCUT2D eigenvalue weighted by Crippen LogP contribution is 2.29. The van der Waals surface area contributed by atoms with Gasteiger partial charge in [0.1, 0.15) is 11.7 Å². The van der Waals surface area contributed by atoms with E-state index in [4.69, 9.17) is 0 Å². The Labute approximate surface area is 116 Å². The number of carboxylic acids is 1. The molecule has 0 aliphatic heterocycles. The molecule has 0 saturated carbocycles. The van der Waals surface area contributed by atoms with Crippen LogP contribution in [-0.4, -0.2) is 31.8 Å². The van der Waals surface area contributed by atoms with E-state index in [0.717, 1.165) is 0 Å². The van der Waals surface area contributed by atoms with Gasteiger partial charge in [-0.1, -0.05) is 13.8 Å². The van der Waals surface area contributed by atoms with Crippen LogP contribution in [-0.2, 0) is 11.3 Å². The highest BCUT2D eigenvalue weighted by molar-refractivity contribution is 5.78. The number of nitro groups is 1. The van der Waals surface area contributed by atoms with Gasteiger partial charge in [-0.05, 0) is 26.2 Å². The fraction of sp³-hybridized carbons (Fsp3) is 0.667. The van der Waals surface area contributed by atoms with E-state index in [0.29, 0.717) is 13.0 Å². The molecule has 1 aromatic rings. The molecule has 0 spiro atoms. The van der Waals surface area contributed by atoms with E-state index in [1.165, 1.54) is 11.6 Å². The number of hydrogen-bond acceptors (Lipinski definition) is 5. The number of carboxylic acid groups (broad SMARTS) is 1. The minimum absolute atomic E-state index is 0.154. The lowest BCUT2D eigenvalue weighted by Crippen LogP contribution is -2.32. The highest BCUT2D eigenvalue weighted by Gasteiger charge is 2.29. The normalized spacial score (nSPS) is 12.4. The third kappa shape index (κ3) is 3.46. The van der Waals surface area contributed by atoms with Gasteiger partial charge >= 0.3 is 11.7 Å². The molecule has 1 aromatic heterocycles. The Morgan fingerprint density at radius 1 is 1.55 bits per heavy atom. The van der Waals surface area contributed by atoms with Crippen molar-refractivity contribution in [3.05, 3.63) is 15.8 Å². The van der Waals surface area contributed by atoms with Crippen LogP contribution in [0.25, 0.3) is 0 Å². The van der Waals surface area contributed by atoms with Gasteiger partial charge in [-0.25, -0.2) is 9.48 Å². The van der Waals surface area contributed by atoms with Crippen LogP contribution in [0.2, 0.25) is 0 Å². The van der Waals surface area contributed by atoms with Crippen LogP contribution in [0.3, 0.4) is 0 Å². The molecular formula is C12H20N4O4. The van der Waals surface area contributed by atoms with E-state index in [1.54, 1.807) is 6.92 Å². The Bertz CT molecular complexity index is 510. The predicted molar refractivity (Wildman–Crippen MR) is 73.8 cm³/mol. The molecule has 0 aliphatic rings. The third-order valence-corrected chi connectivity index (χ3v) is 2.89. The lowest BCUT2D eigenvalue weighted by atomic mass is 10.0. The van der Waals surface area contributed by atoms with Crippen molar-refractivity contribution in [2.24, 2.45) is 5.92 Å². The van der Waals surface area contributed by atoms with Crippen molar-refractivity contribution in [1.29, 1.82) is 0 Å². The molecule has 0 radical (unpaired) electrons. The second kappa shape index (κ2) is 6.36. The molecule has 8 nitrogen and oxygen atoms in total. The van der Waals surface area contributed by atoms with Crippen molar-refractivity contribution < 1.29 is 14.8 Å². The zero-order valence-electron chi connectivity index (χ0n) is 12.1. The van der Waals surface area contributed by atoms with Crippen molar-refractivity contribution in [3.8, 4) is 0 Å². The zero-order valence-corrected chi connectivity index (χ0v) is 12.1. The first kappa shape index (κ1) is 15.9. The first-order chi connectivity index (χ1) is 9.27. The summed E-state index contributed by atoms with van der Waals surface area (Å²) in [6.07, 6.45) is 0.375. The standard InChI is InChI=1S/C12H20N4O4/c1-5-15-11(10(16(19)20)8(4)14-15)13-9(12(17)18)6-7(2)3/h7,9,13H,5-6H2,1-4H3,(H,17,18). The monoisotopic (exact) mass is 284 g/mol. The summed E-state index contributed by atoms with van der Waals surface area (Å²) >= 11 is 0. The van der Waals surface area contributed by atoms with Crippen molar-refractivity contribution in [2.45, 2.75) is 46.7 Å². The van der Waals surface area contributed by atoms with Crippen LogP contribution in [0.5, 0.6) is 0 Å². The minimum atomic E-state index is -1.03. The lowest BCUT2D eigenvalue weighted by molar-refractivity contribution is -0.384. The zero-order chi connectivity index (χ0) is 15.4. The first-order valence-electron chi connectivity index (χ1n) is 6.49. The Morgan fingerprint density at radius 2 is 2.15 bits per heavy atom. The Morgan fingerprint density at radius 3 is 2.55 bits per heavy atom. The van der Waals surface area contributed by atoms with Crippen LogP contribution in [0.1, 0.15) is 32.9 Å². The van der Waals surface area contributed by atoms with E-state index in [-0.39, 0.29) is 23.1 Å². The van der Waals surface area contributed by atoms with Crippen LogP contribution < -0.4 is 5.32 Å². The number of aliphatic carboxylic acids is 1. The molecule has 1 atom stereocenters. The van der Waals surface area contributed by atoms with Gasteiger partial charge in [-0.3, -0.25) is 10.1 Å². The van der Waals surface area contributed by atoms with Crippen LogP contribution in [0, 0.1) is 23.0 Å². The molecule has 0 aliphatic carbocycles. The van der Waals surface area contributed by atoms with E-state index in [1.807, 2.05) is 13.8 Å². The number of nitrogens with zero attached hydrogens (tertiary/aromatic N) is 3. The number of rotatable bonds is 7. The van der Waals surface area contributed by atoms with Crippen LogP contribution in [0.15, 0.2) is 0 Å². The van der Waals surface area contributed by atoms with Crippen LogP contribution >= 0.6 is 0 Å². The molecule has 0 fully saturated rings. The summed E-state index contributed by atoms with van der Waals surface area (Å²) in [6, 6.07) is -0.880. The van der Waals surface area contributed by atoms with Crippen LogP contribution in [0.4, 0.5) is 11.5 Å². The molecule has 1 rings (SSSR count). The first-order valence-corrected chi connectivity index (χ1v) is 6.49. The molecule has 2 N–H and O–H groups in total. The van der Waals surface area contributed by atoms with Gasteiger partial charge < -0.3 is 10.4 Å². The van der Waals surface area contributed by atoms with Gasteiger partial charge in [-0.2, -0.15) is 5.10 Å². The summed E-state index contributed by atoms with van der Waals surface area (Å²) in [7, 11) is 0. The molecule has 0 aromatic carbocycles. The molecule has 1 unspecified atom stereocenters. The molecule has 8 heteroatoms. The predicted octanol–water partition coefficient (Wildman–Crippen LogP) is 2.03. The van der Waals surface area contributed by atoms with Gasteiger partial charge in [0.25, 0.3) is 0 Å². The molecule has 0 amide bonds. The van der Waals surface area contributed by atoms with Gasteiger partial charge in [-0.15, -0.1) is 0 Å². The molecule has 0 bridgehead atoms. The fourth-order valence-electron chi connectivity index (χ4n) is 2.02. The second-order valence-corrected chi connectivity index (χ2v) is 5.02. The van der Waals surface area contributed by atoms with E-state index in [9.17, 15) is 20.0 Å². The number of aryl methyl sites for hydroxylation is 2. The SMILES string of the molecule is CCn1nc(C)c([N+](=O)[O-])c1NC(CC(C)C)C(=O)O. The maximum absolute atomic E-state index is 11.3. The largest absolute Gasteiger partial charge is 0.480 e. The molecule has 112 valence electrons. The van der Waals surface area contributed by atoms with Gasteiger partial charge in [0.2, 0.25) is 5.82 Å². The number of carbonyl (C=O) groups is 1. The average molecular weight is 284 g/mol. The number of anilines is 1. The fourth-order valence-corrected chi connectivity index (χ4v) is 2.02. The third-order valence-electron chi connectivity index (χ3n) is 2.89. The maximum Gasteiger partial charge on any atom is 0.333 e. The van der Waals surface area contributed by atoms with Crippen molar-refractivity contribution in [3.63, 3.8) is 0 Å². The molecule has 0 saturated heterocycles. The molecule has 20 heavy (non-hydrogen) atoms. The van der Waals surface area contributed by atoms with Crippen molar-refractivity contribution >= 4 is 17.5 Å². The van der Waals surface area contributed by atoms with E-state index < -0.39 is 16.9 Å². The number of nitrogens with one attached hydrogen (secondary N) is 1. The van der Waals surface area contributed by atoms with Crippen molar-refractivity contribution in [2.75, 3.05) is 5.32 Å². The summed E-state index contributed by atoms with van der Waals surface area (Å²) in [5.74, 6) is -0.723. The smallest absolute Gasteiger partial charge is 0.333 e. The van der Waals surface area contributed by atoms with E-state index >= 15 is 0 Å². The average Bonchev–Trinajstić information content (AvgIpc) is 2.63. The van der Waals surface area contributed by atoms with Gasteiger partial charge in [0.05, 0.1) is 4.92 Å². The minimum Gasteiger partial charge on any atom is -0.480 e. The van der Waals surface area contributed by atoms with Gasteiger partial charge in [0, 0.05) is 6.54 Å². The maximum atomic E-state index is 11.3. The molecular weight excluding hydrogens is 264 g/mol. The Kier molecular flexibility index (Phi) is 5.06. The van der Waals surface area contributed by atoms with E-state index in [2.05, 4.69) is 10.4 Å². The highest BCUT2D eigenvalue weighted by atomic mass is 16.6. The second-order valence-electron chi connectivity index (χ2n) is 5.02. The Balaban J connectivity index is 3.16. The number of hydrogen-bond donors (Lipinski definition) is 2. The summed E-state index contributed by atoms with van der Waals surface area (Å²) in [5, 5.41) is 27.2. The quantitative estimate of drug-likeness (QED) is 0.585. The topological polar surface area (TPSA) is 110 Å². The summed E-state index contributed by atoms with van der Waals surface area (Å²) < 4.78 is 1.42.